The lowest BCUT2D eigenvalue weighted by Gasteiger charge is -2.60. The van der Waals surface area contributed by atoms with Crippen LogP contribution in [0.25, 0.3) is 0 Å². The molecule has 0 radical (unpaired) electrons. The van der Waals surface area contributed by atoms with E-state index in [4.69, 9.17) is 10.7 Å². The molecule has 3 saturated carbocycles. The Bertz CT molecular complexity index is 1130. The second kappa shape index (κ2) is 8.27. The first-order valence-electron chi connectivity index (χ1n) is 12.7. The van der Waals surface area contributed by atoms with Crippen molar-refractivity contribution in [1.82, 2.24) is 5.32 Å². The molecule has 0 aliphatic heterocycles. The fourth-order valence-corrected chi connectivity index (χ4v) is 8.17. The van der Waals surface area contributed by atoms with Crippen LogP contribution in [-0.2, 0) is 4.79 Å². The molecule has 1 amide bonds. The van der Waals surface area contributed by atoms with Gasteiger partial charge in [-0.1, -0.05) is 19.4 Å². The molecule has 5 N–H and O–H groups in total. The lowest BCUT2D eigenvalue weighted by molar-refractivity contribution is -0.180. The van der Waals surface area contributed by atoms with Crippen molar-refractivity contribution in [2.45, 2.75) is 64.1 Å². The number of aliphatic hydroxyl groups is 2. The van der Waals surface area contributed by atoms with Gasteiger partial charge in [-0.25, -0.2) is 9.38 Å². The third-order valence-corrected chi connectivity index (χ3v) is 9.90. The molecule has 1 aromatic rings. The van der Waals surface area contributed by atoms with Gasteiger partial charge in [0.1, 0.15) is 11.4 Å². The van der Waals surface area contributed by atoms with E-state index in [1.54, 1.807) is 25.4 Å². The minimum Gasteiger partial charge on any atom is -0.404 e. The summed E-state index contributed by atoms with van der Waals surface area (Å²) in [6.45, 7) is 4.21. The smallest absolute Gasteiger partial charge is 0.252 e. The van der Waals surface area contributed by atoms with Crippen LogP contribution in [0.15, 0.2) is 52.7 Å². The van der Waals surface area contributed by atoms with Crippen molar-refractivity contribution in [3.05, 3.63) is 53.5 Å². The SMILES string of the molecule is CNC(=O)[C@@]1(O)CCC2[C@@H]3CCC4=CC(=Nc5ccc(F)cc5)C(=CN)C[C@]4(C)C3[C@@H](O)C[C@@]21C. The fourth-order valence-electron chi connectivity index (χ4n) is 8.17. The zero-order valence-electron chi connectivity index (χ0n) is 20.7. The predicted molar refractivity (Wildman–Crippen MR) is 133 cm³/mol. The Morgan fingerprint density at radius 1 is 1.26 bits per heavy atom. The molecule has 5 rings (SSSR count). The van der Waals surface area contributed by atoms with Crippen LogP contribution >= 0.6 is 0 Å². The zero-order chi connectivity index (χ0) is 25.2. The molecule has 4 aliphatic rings. The zero-order valence-corrected chi connectivity index (χ0v) is 20.7. The van der Waals surface area contributed by atoms with Gasteiger partial charge in [0, 0.05) is 12.5 Å². The van der Waals surface area contributed by atoms with E-state index in [1.165, 1.54) is 17.7 Å². The molecule has 0 heterocycles. The van der Waals surface area contributed by atoms with E-state index in [-0.39, 0.29) is 34.9 Å². The third-order valence-electron chi connectivity index (χ3n) is 9.90. The molecule has 1 aromatic carbocycles. The van der Waals surface area contributed by atoms with Crippen LogP contribution in [0, 0.1) is 34.4 Å². The van der Waals surface area contributed by atoms with Crippen molar-refractivity contribution in [3.63, 3.8) is 0 Å². The minimum absolute atomic E-state index is 0.00920. The molecule has 35 heavy (non-hydrogen) atoms. The number of amides is 1. The van der Waals surface area contributed by atoms with E-state index in [0.29, 0.717) is 24.9 Å². The van der Waals surface area contributed by atoms with Crippen LogP contribution in [0.2, 0.25) is 0 Å². The molecule has 188 valence electrons. The Hall–Kier alpha value is -2.51. The summed E-state index contributed by atoms with van der Waals surface area (Å²) in [4.78, 5) is 17.5. The highest BCUT2D eigenvalue weighted by Crippen LogP contribution is 2.67. The highest BCUT2D eigenvalue weighted by Gasteiger charge is 2.68. The maximum absolute atomic E-state index is 13.4. The van der Waals surface area contributed by atoms with Gasteiger partial charge in [-0.15, -0.1) is 0 Å². The summed E-state index contributed by atoms with van der Waals surface area (Å²) in [5.41, 5.74) is 7.29. The number of benzene rings is 1. The minimum atomic E-state index is -1.46. The molecule has 0 aromatic heterocycles. The normalized spacial score (nSPS) is 42.7. The summed E-state index contributed by atoms with van der Waals surface area (Å²) in [6.07, 6.45) is 7.10. The number of carbonyl (C=O) groups is 1. The number of halogens is 1. The van der Waals surface area contributed by atoms with Gasteiger partial charge < -0.3 is 21.3 Å². The average molecular weight is 482 g/mol. The van der Waals surface area contributed by atoms with Gasteiger partial charge in [0.05, 0.1) is 17.5 Å². The predicted octanol–water partition coefficient (Wildman–Crippen LogP) is 3.76. The summed E-state index contributed by atoms with van der Waals surface area (Å²) < 4.78 is 13.4. The number of aliphatic hydroxyl groups excluding tert-OH is 1. The maximum atomic E-state index is 13.4. The van der Waals surface area contributed by atoms with E-state index >= 15 is 0 Å². The number of allylic oxidation sites excluding steroid dienone is 3. The van der Waals surface area contributed by atoms with Crippen molar-refractivity contribution < 1.29 is 19.4 Å². The molecule has 7 heteroatoms. The van der Waals surface area contributed by atoms with Crippen molar-refractivity contribution >= 4 is 17.3 Å². The van der Waals surface area contributed by atoms with Crippen LogP contribution in [0.5, 0.6) is 0 Å². The Labute approximate surface area is 206 Å². The van der Waals surface area contributed by atoms with Gasteiger partial charge >= 0.3 is 0 Å². The summed E-state index contributed by atoms with van der Waals surface area (Å²) in [5.74, 6) is -0.265. The lowest BCUT2D eigenvalue weighted by atomic mass is 9.45. The van der Waals surface area contributed by atoms with Crippen molar-refractivity contribution in [3.8, 4) is 0 Å². The number of hydrogen-bond acceptors (Lipinski definition) is 5. The molecule has 7 atom stereocenters. The molecule has 6 nitrogen and oxygen atoms in total. The Morgan fingerprint density at radius 3 is 2.63 bits per heavy atom. The highest BCUT2D eigenvalue weighted by atomic mass is 19.1. The second-order valence-electron chi connectivity index (χ2n) is 11.4. The first-order chi connectivity index (χ1) is 16.6. The van der Waals surface area contributed by atoms with Crippen molar-refractivity contribution in [1.29, 1.82) is 0 Å². The summed E-state index contributed by atoms with van der Waals surface area (Å²) >= 11 is 0. The van der Waals surface area contributed by atoms with Gasteiger partial charge in [-0.2, -0.15) is 0 Å². The van der Waals surface area contributed by atoms with Gasteiger partial charge in [0.25, 0.3) is 5.91 Å². The van der Waals surface area contributed by atoms with Crippen LogP contribution in [-0.4, -0.2) is 40.6 Å². The third kappa shape index (κ3) is 3.42. The Balaban J connectivity index is 1.52. The van der Waals surface area contributed by atoms with Gasteiger partial charge in [0.2, 0.25) is 0 Å². The average Bonchev–Trinajstić information content (AvgIpc) is 3.10. The van der Waals surface area contributed by atoms with Crippen LogP contribution in [0.1, 0.15) is 52.4 Å². The Kier molecular flexibility index (Phi) is 5.72. The summed E-state index contributed by atoms with van der Waals surface area (Å²) in [5, 5.41) is 25.8. The van der Waals surface area contributed by atoms with E-state index in [1.807, 2.05) is 6.92 Å². The van der Waals surface area contributed by atoms with E-state index < -0.39 is 17.1 Å². The summed E-state index contributed by atoms with van der Waals surface area (Å²) in [6, 6.07) is 6.10. The molecule has 0 spiro atoms. The first kappa shape index (κ1) is 24.2. The van der Waals surface area contributed by atoms with Gasteiger partial charge in [-0.3, -0.25) is 4.79 Å². The molecule has 3 fully saturated rings. The number of rotatable bonds is 2. The largest absolute Gasteiger partial charge is 0.404 e. The molecular weight excluding hydrogens is 445 g/mol. The first-order valence-corrected chi connectivity index (χ1v) is 12.7. The number of nitrogens with zero attached hydrogens (tertiary/aromatic N) is 1. The quantitative estimate of drug-likeness (QED) is 0.516. The Morgan fingerprint density at radius 2 is 1.97 bits per heavy atom. The standard InChI is InChI=1S/C28H36FN3O3/c1-26-13-16(15-30)22(32-19-7-5-18(29)6-8-19)12-17(26)4-9-20-21-10-11-28(35,25(34)31-3)27(21,2)14-23(33)24(20)26/h5-8,12,15,20-21,23-24,33,35H,4,9-11,13-14,30H2,1-3H3,(H,31,34)/t20-,21?,23-,24?,26-,27-,28-/m0/s1. The molecule has 4 aliphatic carbocycles. The number of nitrogens with two attached hydrogens (primary N) is 1. The number of aliphatic imine (C=N–C) groups is 1. The van der Waals surface area contributed by atoms with Crippen LogP contribution < -0.4 is 11.1 Å². The topological polar surface area (TPSA) is 108 Å². The number of carbonyl (C=O) groups excluding carboxylic acids is 1. The molecule has 0 bridgehead atoms. The number of likely N-dealkylation sites (N-methyl/N-ethyl adjacent to an activating group) is 1. The van der Waals surface area contributed by atoms with Gasteiger partial charge in [0.15, 0.2) is 0 Å². The maximum Gasteiger partial charge on any atom is 0.252 e. The highest BCUT2D eigenvalue weighted by molar-refractivity contribution is 6.11. The van der Waals surface area contributed by atoms with Gasteiger partial charge in [-0.05, 0) is 104 Å². The van der Waals surface area contributed by atoms with E-state index in [2.05, 4.69) is 18.3 Å². The molecule has 2 unspecified atom stereocenters. The van der Waals surface area contributed by atoms with Crippen molar-refractivity contribution in [2.75, 3.05) is 7.05 Å². The lowest BCUT2D eigenvalue weighted by Crippen LogP contribution is -2.63. The monoisotopic (exact) mass is 481 g/mol. The van der Waals surface area contributed by atoms with E-state index in [9.17, 15) is 19.4 Å². The number of hydrogen-bond donors (Lipinski definition) is 4. The van der Waals surface area contributed by atoms with Crippen molar-refractivity contribution in [2.24, 2.45) is 39.3 Å². The summed E-state index contributed by atoms with van der Waals surface area (Å²) in [7, 11) is 1.56. The fraction of sp³-hybridized carbons (Fsp3) is 0.571. The van der Waals surface area contributed by atoms with Crippen LogP contribution in [0.3, 0.4) is 0 Å². The van der Waals surface area contributed by atoms with Crippen LogP contribution in [0.4, 0.5) is 10.1 Å². The number of nitrogens with one attached hydrogen (secondary N) is 1. The second-order valence-corrected chi connectivity index (χ2v) is 11.4. The van der Waals surface area contributed by atoms with E-state index in [0.717, 1.165) is 30.5 Å². The number of fused-ring (bicyclic) bond motifs is 5. The molecule has 0 saturated heterocycles. The molecular formula is C28H36FN3O3.